The second-order valence-corrected chi connectivity index (χ2v) is 5.65. The van der Waals surface area contributed by atoms with E-state index in [1.807, 2.05) is 10.9 Å². The molecule has 4 nitrogen and oxygen atoms in total. The number of nitrogens with zero attached hydrogens (tertiary/aromatic N) is 3. The van der Waals surface area contributed by atoms with Crippen molar-refractivity contribution < 1.29 is 0 Å². The van der Waals surface area contributed by atoms with Gasteiger partial charge in [-0.15, -0.1) is 0 Å². The Labute approximate surface area is 110 Å². The van der Waals surface area contributed by atoms with Crippen LogP contribution in [-0.2, 0) is 6.54 Å². The predicted octanol–water partition coefficient (Wildman–Crippen LogP) is 1.89. The van der Waals surface area contributed by atoms with Crippen LogP contribution in [-0.4, -0.2) is 40.9 Å². The number of nitrogens with one attached hydrogen (secondary N) is 1. The zero-order chi connectivity index (χ0) is 13.1. The fourth-order valence-corrected chi connectivity index (χ4v) is 2.80. The van der Waals surface area contributed by atoms with Crippen molar-refractivity contribution in [3.05, 3.63) is 18.0 Å². The molecule has 1 aliphatic heterocycles. The minimum Gasteiger partial charge on any atom is -0.307 e. The minimum atomic E-state index is 0.390. The highest BCUT2D eigenvalue weighted by Crippen LogP contribution is 2.20. The van der Waals surface area contributed by atoms with Crippen LogP contribution in [0.1, 0.15) is 38.8 Å². The third-order valence-corrected chi connectivity index (χ3v) is 4.05. The van der Waals surface area contributed by atoms with Crippen molar-refractivity contribution in [2.24, 2.45) is 5.92 Å². The molecule has 1 saturated heterocycles. The number of rotatable bonds is 4. The van der Waals surface area contributed by atoms with Gasteiger partial charge in [0.25, 0.3) is 0 Å². The molecule has 1 fully saturated rings. The molecular formula is C14H26N4. The fourth-order valence-electron chi connectivity index (χ4n) is 2.80. The zero-order valence-electron chi connectivity index (χ0n) is 12.1. The number of likely N-dealkylation sites (tertiary alicyclic amines) is 1. The van der Waals surface area contributed by atoms with Crippen LogP contribution >= 0.6 is 0 Å². The van der Waals surface area contributed by atoms with E-state index in [-0.39, 0.29) is 0 Å². The molecule has 0 amide bonds. The van der Waals surface area contributed by atoms with Crippen LogP contribution in [0.15, 0.2) is 12.4 Å². The van der Waals surface area contributed by atoms with E-state index in [2.05, 4.69) is 49.3 Å². The lowest BCUT2D eigenvalue weighted by Crippen LogP contribution is -2.47. The Balaban J connectivity index is 1.92. The first-order valence-corrected chi connectivity index (χ1v) is 7.07. The zero-order valence-corrected chi connectivity index (χ0v) is 12.1. The lowest BCUT2D eigenvalue weighted by Gasteiger charge is -2.36. The third kappa shape index (κ3) is 3.12. The molecule has 0 spiro atoms. The first-order valence-electron chi connectivity index (χ1n) is 7.07. The van der Waals surface area contributed by atoms with E-state index in [0.29, 0.717) is 18.0 Å². The molecule has 1 aromatic heterocycles. The molecule has 2 heterocycles. The van der Waals surface area contributed by atoms with Gasteiger partial charge >= 0.3 is 0 Å². The first-order chi connectivity index (χ1) is 8.60. The van der Waals surface area contributed by atoms with Gasteiger partial charge in [-0.1, -0.05) is 6.92 Å². The topological polar surface area (TPSA) is 33.1 Å². The lowest BCUT2D eigenvalue weighted by molar-refractivity contribution is 0.168. The Hall–Kier alpha value is -0.870. The van der Waals surface area contributed by atoms with Gasteiger partial charge in [-0.25, -0.2) is 0 Å². The largest absolute Gasteiger partial charge is 0.307 e. The van der Waals surface area contributed by atoms with E-state index in [1.165, 1.54) is 25.1 Å². The molecule has 18 heavy (non-hydrogen) atoms. The van der Waals surface area contributed by atoms with Gasteiger partial charge in [-0.2, -0.15) is 5.10 Å². The minimum absolute atomic E-state index is 0.390. The molecule has 0 bridgehead atoms. The SMILES string of the molecule is CCn1cc(C(C)NC2CCN(C)CC2C)cn1. The summed E-state index contributed by atoms with van der Waals surface area (Å²) < 4.78 is 1.99. The number of hydrogen-bond acceptors (Lipinski definition) is 3. The van der Waals surface area contributed by atoms with Crippen LogP contribution in [0.5, 0.6) is 0 Å². The Morgan fingerprint density at radius 3 is 2.94 bits per heavy atom. The summed E-state index contributed by atoms with van der Waals surface area (Å²) in [7, 11) is 2.21. The van der Waals surface area contributed by atoms with E-state index in [4.69, 9.17) is 0 Å². The molecule has 0 radical (unpaired) electrons. The summed E-state index contributed by atoms with van der Waals surface area (Å²) in [6, 6.07) is 1.02. The van der Waals surface area contributed by atoms with E-state index in [9.17, 15) is 0 Å². The van der Waals surface area contributed by atoms with Gasteiger partial charge in [-0.05, 0) is 39.8 Å². The molecule has 1 aliphatic rings. The Morgan fingerprint density at radius 2 is 2.33 bits per heavy atom. The van der Waals surface area contributed by atoms with Crippen molar-refractivity contribution in [1.29, 1.82) is 0 Å². The van der Waals surface area contributed by atoms with Crippen molar-refractivity contribution >= 4 is 0 Å². The van der Waals surface area contributed by atoms with Crippen LogP contribution in [0, 0.1) is 5.92 Å². The van der Waals surface area contributed by atoms with Gasteiger partial charge in [0.05, 0.1) is 6.20 Å². The molecular weight excluding hydrogens is 224 g/mol. The average molecular weight is 250 g/mol. The summed E-state index contributed by atoms with van der Waals surface area (Å²) in [4.78, 5) is 2.42. The van der Waals surface area contributed by atoms with E-state index in [0.717, 1.165) is 6.54 Å². The van der Waals surface area contributed by atoms with Crippen molar-refractivity contribution in [3.63, 3.8) is 0 Å². The van der Waals surface area contributed by atoms with Gasteiger partial charge in [-0.3, -0.25) is 4.68 Å². The summed E-state index contributed by atoms with van der Waals surface area (Å²) in [6.07, 6.45) is 5.38. The summed E-state index contributed by atoms with van der Waals surface area (Å²) in [5, 5.41) is 8.11. The van der Waals surface area contributed by atoms with Crippen LogP contribution in [0.25, 0.3) is 0 Å². The van der Waals surface area contributed by atoms with Crippen LogP contribution in [0.3, 0.4) is 0 Å². The van der Waals surface area contributed by atoms with Crippen molar-refractivity contribution in [1.82, 2.24) is 20.0 Å². The first kappa shape index (κ1) is 13.6. The molecule has 0 aliphatic carbocycles. The maximum Gasteiger partial charge on any atom is 0.0537 e. The maximum absolute atomic E-state index is 4.35. The quantitative estimate of drug-likeness (QED) is 0.886. The second-order valence-electron chi connectivity index (χ2n) is 5.65. The van der Waals surface area contributed by atoms with Crippen molar-refractivity contribution in [2.45, 2.75) is 45.8 Å². The van der Waals surface area contributed by atoms with Gasteiger partial charge in [0, 0.05) is 36.9 Å². The third-order valence-electron chi connectivity index (χ3n) is 4.05. The lowest BCUT2D eigenvalue weighted by atomic mass is 9.93. The Bertz CT molecular complexity index is 374. The molecule has 0 saturated carbocycles. The highest BCUT2D eigenvalue weighted by molar-refractivity contribution is 5.09. The van der Waals surface area contributed by atoms with E-state index < -0.39 is 0 Å². The summed E-state index contributed by atoms with van der Waals surface area (Å²) in [5.74, 6) is 0.715. The summed E-state index contributed by atoms with van der Waals surface area (Å²) >= 11 is 0. The van der Waals surface area contributed by atoms with Gasteiger partial charge in [0.1, 0.15) is 0 Å². The van der Waals surface area contributed by atoms with E-state index >= 15 is 0 Å². The second kappa shape index (κ2) is 5.85. The summed E-state index contributed by atoms with van der Waals surface area (Å²) in [6.45, 7) is 10.0. The summed E-state index contributed by atoms with van der Waals surface area (Å²) in [5.41, 5.74) is 1.29. The molecule has 3 atom stereocenters. The van der Waals surface area contributed by atoms with Crippen LogP contribution in [0.4, 0.5) is 0 Å². The smallest absolute Gasteiger partial charge is 0.0537 e. The normalized spacial score (nSPS) is 27.3. The van der Waals surface area contributed by atoms with Crippen LogP contribution < -0.4 is 5.32 Å². The van der Waals surface area contributed by atoms with E-state index in [1.54, 1.807) is 0 Å². The van der Waals surface area contributed by atoms with Crippen LogP contribution in [0.2, 0.25) is 0 Å². The number of aromatic nitrogens is 2. The molecule has 4 heteroatoms. The Kier molecular flexibility index (Phi) is 4.40. The molecule has 102 valence electrons. The number of aryl methyl sites for hydroxylation is 1. The molecule has 1 aromatic rings. The number of piperidine rings is 1. The standard InChI is InChI=1S/C14H26N4/c1-5-18-10-13(8-15-18)12(3)16-14-6-7-17(4)9-11(14)2/h8,10-12,14,16H,5-7,9H2,1-4H3. The number of hydrogen-bond donors (Lipinski definition) is 1. The molecule has 1 N–H and O–H groups in total. The highest BCUT2D eigenvalue weighted by Gasteiger charge is 2.25. The Morgan fingerprint density at radius 1 is 1.56 bits per heavy atom. The van der Waals surface area contributed by atoms with Gasteiger partial charge in [0.15, 0.2) is 0 Å². The molecule has 2 rings (SSSR count). The van der Waals surface area contributed by atoms with Crippen molar-refractivity contribution in [3.8, 4) is 0 Å². The maximum atomic E-state index is 4.35. The van der Waals surface area contributed by atoms with Gasteiger partial charge in [0.2, 0.25) is 0 Å². The highest BCUT2D eigenvalue weighted by atomic mass is 15.3. The predicted molar refractivity (Wildman–Crippen MR) is 74.5 cm³/mol. The average Bonchev–Trinajstić information content (AvgIpc) is 2.81. The monoisotopic (exact) mass is 250 g/mol. The van der Waals surface area contributed by atoms with Gasteiger partial charge < -0.3 is 10.2 Å². The fraction of sp³-hybridized carbons (Fsp3) is 0.786. The van der Waals surface area contributed by atoms with Crippen molar-refractivity contribution in [2.75, 3.05) is 20.1 Å². The molecule has 0 aromatic carbocycles. The molecule has 3 unspecified atom stereocenters.